The lowest BCUT2D eigenvalue weighted by Gasteiger charge is -2.32. The Morgan fingerprint density at radius 2 is 2.04 bits per heavy atom. The molecule has 2 aromatic carbocycles. The van der Waals surface area contributed by atoms with E-state index in [0.717, 1.165) is 0 Å². The molecule has 1 heterocycles. The van der Waals surface area contributed by atoms with Gasteiger partial charge >= 0.3 is 0 Å². The lowest BCUT2D eigenvalue weighted by molar-refractivity contribution is -0.118. The zero-order valence-electron chi connectivity index (χ0n) is 14.9. The van der Waals surface area contributed by atoms with Crippen molar-refractivity contribution in [2.24, 2.45) is 11.7 Å². The van der Waals surface area contributed by atoms with Crippen molar-refractivity contribution in [3.63, 3.8) is 0 Å². The standard InChI is InChI=1S/C20H17FN4O2S/c1-27-14-4-2-3-13(9-14)24-19(26)17-16(11-5-7-12(21)8-6-11)15(10-22)18(23)25-20(17)28/h2-9,16-17H,23H2,1H3,(H,24,26)(H,25,28)/t16-,17-/m0/s1. The van der Waals surface area contributed by atoms with Crippen LogP contribution in [0.3, 0.4) is 0 Å². The molecule has 0 spiro atoms. The van der Waals surface area contributed by atoms with E-state index in [4.69, 9.17) is 22.7 Å². The van der Waals surface area contributed by atoms with E-state index >= 15 is 0 Å². The second kappa shape index (κ2) is 8.06. The Kier molecular flexibility index (Phi) is 5.57. The summed E-state index contributed by atoms with van der Waals surface area (Å²) in [6.45, 7) is 0. The maximum absolute atomic E-state index is 13.4. The third-order valence-corrected chi connectivity index (χ3v) is 4.80. The van der Waals surface area contributed by atoms with Crippen molar-refractivity contribution in [2.45, 2.75) is 5.92 Å². The number of hydrogen-bond donors (Lipinski definition) is 3. The number of allylic oxidation sites excluding steroid dienone is 1. The first-order valence-corrected chi connectivity index (χ1v) is 8.76. The first-order chi connectivity index (χ1) is 13.4. The molecular weight excluding hydrogens is 379 g/mol. The third kappa shape index (κ3) is 3.80. The highest BCUT2D eigenvalue weighted by atomic mass is 32.1. The molecule has 2 atom stereocenters. The number of carbonyl (C=O) groups excluding carboxylic acids is 1. The Bertz CT molecular complexity index is 998. The average molecular weight is 396 g/mol. The van der Waals surface area contributed by atoms with E-state index in [1.807, 2.05) is 6.07 Å². The molecule has 1 aliphatic heterocycles. The van der Waals surface area contributed by atoms with Crippen LogP contribution in [0.1, 0.15) is 11.5 Å². The van der Waals surface area contributed by atoms with Crippen LogP contribution >= 0.6 is 12.2 Å². The number of hydrogen-bond acceptors (Lipinski definition) is 5. The molecule has 0 saturated heterocycles. The lowest BCUT2D eigenvalue weighted by Crippen LogP contribution is -2.46. The fraction of sp³-hybridized carbons (Fsp3) is 0.150. The predicted octanol–water partition coefficient (Wildman–Crippen LogP) is 2.80. The van der Waals surface area contributed by atoms with Gasteiger partial charge in [-0.3, -0.25) is 4.79 Å². The molecule has 4 N–H and O–H groups in total. The van der Waals surface area contributed by atoms with Gasteiger partial charge in [-0.15, -0.1) is 0 Å². The second-order valence-corrected chi connectivity index (χ2v) is 6.60. The van der Waals surface area contributed by atoms with Gasteiger partial charge in [0.15, 0.2) is 0 Å². The molecule has 8 heteroatoms. The smallest absolute Gasteiger partial charge is 0.235 e. The fourth-order valence-electron chi connectivity index (χ4n) is 3.11. The molecule has 0 saturated carbocycles. The Morgan fingerprint density at radius 3 is 2.68 bits per heavy atom. The summed E-state index contributed by atoms with van der Waals surface area (Å²) in [6.07, 6.45) is 0. The Hall–Kier alpha value is -3.44. The normalized spacial score (nSPS) is 18.8. The van der Waals surface area contributed by atoms with E-state index in [1.54, 1.807) is 24.3 Å². The van der Waals surface area contributed by atoms with Gasteiger partial charge in [0.05, 0.1) is 23.7 Å². The van der Waals surface area contributed by atoms with Crippen molar-refractivity contribution >= 4 is 28.8 Å². The number of nitrogens with two attached hydrogens (primary N) is 1. The maximum Gasteiger partial charge on any atom is 0.235 e. The minimum atomic E-state index is -0.895. The monoisotopic (exact) mass is 396 g/mol. The zero-order chi connectivity index (χ0) is 20.3. The molecule has 1 aliphatic rings. The molecule has 2 aromatic rings. The van der Waals surface area contributed by atoms with E-state index in [-0.39, 0.29) is 16.4 Å². The van der Waals surface area contributed by atoms with E-state index in [1.165, 1.54) is 31.4 Å². The largest absolute Gasteiger partial charge is 0.497 e. The summed E-state index contributed by atoms with van der Waals surface area (Å²) in [5, 5.41) is 15.1. The highest BCUT2D eigenvalue weighted by Gasteiger charge is 2.40. The summed E-state index contributed by atoms with van der Waals surface area (Å²) >= 11 is 5.35. The molecule has 6 nitrogen and oxygen atoms in total. The number of methoxy groups -OCH3 is 1. The van der Waals surface area contributed by atoms with E-state index < -0.39 is 23.6 Å². The van der Waals surface area contributed by atoms with Gasteiger partial charge in [-0.2, -0.15) is 5.26 Å². The molecule has 0 fully saturated rings. The molecule has 0 radical (unpaired) electrons. The number of halogens is 1. The van der Waals surface area contributed by atoms with Gasteiger partial charge in [0, 0.05) is 17.7 Å². The van der Waals surface area contributed by atoms with Gasteiger partial charge in [-0.05, 0) is 29.8 Å². The van der Waals surface area contributed by atoms with Crippen LogP contribution in [0.4, 0.5) is 10.1 Å². The van der Waals surface area contributed by atoms with Crippen LogP contribution in [-0.4, -0.2) is 18.0 Å². The number of anilines is 1. The van der Waals surface area contributed by atoms with Gasteiger partial charge in [-0.1, -0.05) is 30.4 Å². The van der Waals surface area contributed by atoms with Crippen molar-refractivity contribution in [1.29, 1.82) is 5.26 Å². The summed E-state index contributed by atoms with van der Waals surface area (Å²) in [5.74, 6) is -1.79. The summed E-state index contributed by atoms with van der Waals surface area (Å²) in [4.78, 5) is 13.3. The molecular formula is C20H17FN4O2S. The van der Waals surface area contributed by atoms with Crippen molar-refractivity contribution < 1.29 is 13.9 Å². The summed E-state index contributed by atoms with van der Waals surface area (Å²) in [5.41, 5.74) is 7.18. The lowest BCUT2D eigenvalue weighted by atomic mass is 9.78. The number of rotatable bonds is 4. The molecule has 1 amide bonds. The number of carbonyl (C=O) groups is 1. The first-order valence-electron chi connectivity index (χ1n) is 8.35. The highest BCUT2D eigenvalue weighted by Crippen LogP contribution is 2.37. The molecule has 28 heavy (non-hydrogen) atoms. The van der Waals surface area contributed by atoms with Crippen LogP contribution in [0, 0.1) is 23.1 Å². The fourth-order valence-corrected chi connectivity index (χ4v) is 3.47. The van der Waals surface area contributed by atoms with Gasteiger partial charge in [0.1, 0.15) is 23.3 Å². The Morgan fingerprint density at radius 1 is 1.32 bits per heavy atom. The van der Waals surface area contributed by atoms with Crippen molar-refractivity contribution in [3.8, 4) is 11.8 Å². The topological polar surface area (TPSA) is 100 Å². The number of nitriles is 1. The minimum Gasteiger partial charge on any atom is -0.497 e. The first kappa shape index (κ1) is 19.3. The van der Waals surface area contributed by atoms with E-state index in [9.17, 15) is 14.4 Å². The second-order valence-electron chi connectivity index (χ2n) is 6.16. The summed E-state index contributed by atoms with van der Waals surface area (Å²) in [6, 6.07) is 14.5. The van der Waals surface area contributed by atoms with Crippen LogP contribution in [0.25, 0.3) is 0 Å². The number of nitrogens with zero attached hydrogens (tertiary/aromatic N) is 1. The van der Waals surface area contributed by atoms with Crippen LogP contribution in [0.15, 0.2) is 59.9 Å². The van der Waals surface area contributed by atoms with E-state index in [0.29, 0.717) is 17.0 Å². The molecule has 142 valence electrons. The third-order valence-electron chi connectivity index (χ3n) is 4.44. The van der Waals surface area contributed by atoms with Gasteiger partial charge in [-0.25, -0.2) is 4.39 Å². The average Bonchev–Trinajstić information content (AvgIpc) is 2.68. The van der Waals surface area contributed by atoms with Gasteiger partial charge in [0.2, 0.25) is 5.91 Å². The molecule has 0 aliphatic carbocycles. The maximum atomic E-state index is 13.4. The van der Waals surface area contributed by atoms with Crippen LogP contribution in [-0.2, 0) is 4.79 Å². The van der Waals surface area contributed by atoms with Gasteiger partial charge in [0.25, 0.3) is 0 Å². The highest BCUT2D eigenvalue weighted by molar-refractivity contribution is 7.80. The Balaban J connectivity index is 2.00. The van der Waals surface area contributed by atoms with Crippen molar-refractivity contribution in [1.82, 2.24) is 5.32 Å². The number of amides is 1. The predicted molar refractivity (Wildman–Crippen MR) is 107 cm³/mol. The van der Waals surface area contributed by atoms with Crippen LogP contribution in [0.2, 0.25) is 0 Å². The Labute approximate surface area is 166 Å². The number of ether oxygens (including phenoxy) is 1. The number of nitrogens with one attached hydrogen (secondary N) is 2. The van der Waals surface area contributed by atoms with Crippen molar-refractivity contribution in [2.75, 3.05) is 12.4 Å². The summed E-state index contributed by atoms with van der Waals surface area (Å²) < 4.78 is 18.5. The molecule has 0 aromatic heterocycles. The zero-order valence-corrected chi connectivity index (χ0v) is 15.7. The minimum absolute atomic E-state index is 0.0901. The number of benzene rings is 2. The quantitative estimate of drug-likeness (QED) is 0.687. The van der Waals surface area contributed by atoms with Crippen LogP contribution < -0.4 is 21.1 Å². The van der Waals surface area contributed by atoms with Crippen molar-refractivity contribution in [3.05, 3.63) is 71.3 Å². The molecule has 3 rings (SSSR count). The molecule has 0 bridgehead atoms. The SMILES string of the molecule is COc1cccc(NC(=O)[C@H]2C(=S)NC(N)=C(C#N)[C@@H]2c2ccc(F)cc2)c1. The number of thiocarbonyl (C=S) groups is 1. The summed E-state index contributed by atoms with van der Waals surface area (Å²) in [7, 11) is 1.53. The molecule has 0 unspecified atom stereocenters. The van der Waals surface area contributed by atoms with E-state index in [2.05, 4.69) is 10.6 Å². The van der Waals surface area contributed by atoms with Crippen LogP contribution in [0.5, 0.6) is 5.75 Å². The van der Waals surface area contributed by atoms with Gasteiger partial charge < -0.3 is 21.1 Å².